The minimum atomic E-state index is -0.208. The quantitative estimate of drug-likeness (QED) is 0.836. The van der Waals surface area contributed by atoms with Crippen molar-refractivity contribution in [1.29, 1.82) is 0 Å². The minimum absolute atomic E-state index is 0.0696. The molecule has 7 nitrogen and oxygen atoms in total. The maximum Gasteiger partial charge on any atom is 0.246 e. The summed E-state index contributed by atoms with van der Waals surface area (Å²) < 4.78 is 6.91. The summed E-state index contributed by atoms with van der Waals surface area (Å²) in [7, 11) is 0. The number of aromatic nitrogens is 3. The van der Waals surface area contributed by atoms with Gasteiger partial charge in [0.15, 0.2) is 0 Å². The number of para-hydroxylation sites is 2. The highest BCUT2D eigenvalue weighted by molar-refractivity contribution is 5.92. The summed E-state index contributed by atoms with van der Waals surface area (Å²) in [6.45, 7) is 4.31. The number of anilines is 1. The van der Waals surface area contributed by atoms with E-state index >= 15 is 0 Å². The van der Waals surface area contributed by atoms with E-state index in [1.54, 1.807) is 12.3 Å². The highest BCUT2D eigenvalue weighted by Gasteiger charge is 2.10. The van der Waals surface area contributed by atoms with Crippen LogP contribution in [0.4, 0.5) is 5.69 Å². The predicted molar refractivity (Wildman–Crippen MR) is 78.9 cm³/mol. The van der Waals surface area contributed by atoms with Gasteiger partial charge in [-0.05, 0) is 26.0 Å². The van der Waals surface area contributed by atoms with E-state index < -0.39 is 0 Å². The molecule has 0 aliphatic heterocycles. The number of nitrogens with zero attached hydrogens (tertiary/aromatic N) is 3. The Morgan fingerprint density at radius 2 is 2.24 bits per heavy atom. The van der Waals surface area contributed by atoms with Crippen molar-refractivity contribution in [2.45, 2.75) is 26.4 Å². The van der Waals surface area contributed by atoms with Crippen LogP contribution < -0.4 is 15.8 Å². The van der Waals surface area contributed by atoms with E-state index in [-0.39, 0.29) is 18.5 Å². The van der Waals surface area contributed by atoms with Gasteiger partial charge in [-0.1, -0.05) is 17.3 Å². The first kappa shape index (κ1) is 15.0. The number of amides is 1. The van der Waals surface area contributed by atoms with E-state index in [2.05, 4.69) is 15.6 Å². The number of nitrogens with one attached hydrogen (secondary N) is 1. The Hall–Kier alpha value is -2.41. The van der Waals surface area contributed by atoms with Crippen LogP contribution in [0.3, 0.4) is 0 Å². The molecule has 112 valence electrons. The van der Waals surface area contributed by atoms with Crippen molar-refractivity contribution < 1.29 is 9.53 Å². The molecule has 0 saturated heterocycles. The number of hydrogen-bond donors (Lipinski definition) is 2. The van der Waals surface area contributed by atoms with Crippen LogP contribution in [0.25, 0.3) is 0 Å². The SMILES string of the molecule is CCOc1ccccc1NC(=O)Cn1cc(C(C)N)nn1. The molecule has 0 aliphatic carbocycles. The van der Waals surface area contributed by atoms with E-state index in [0.29, 0.717) is 23.7 Å². The molecule has 0 fully saturated rings. The lowest BCUT2D eigenvalue weighted by atomic mass is 10.3. The Balaban J connectivity index is 2.01. The molecule has 0 saturated carbocycles. The molecule has 2 rings (SSSR count). The molecule has 0 radical (unpaired) electrons. The van der Waals surface area contributed by atoms with Crippen LogP contribution in [-0.2, 0) is 11.3 Å². The first-order valence-electron chi connectivity index (χ1n) is 6.77. The molecular weight excluding hydrogens is 270 g/mol. The molecule has 21 heavy (non-hydrogen) atoms. The minimum Gasteiger partial charge on any atom is -0.492 e. The zero-order valence-corrected chi connectivity index (χ0v) is 12.1. The standard InChI is InChI=1S/C14H19N5O2/c1-3-21-13-7-5-4-6-11(13)16-14(20)9-19-8-12(10(2)15)17-18-19/h4-8,10H,3,9,15H2,1-2H3,(H,16,20). The number of rotatable bonds is 6. The molecule has 1 aromatic carbocycles. The molecule has 0 bridgehead atoms. The lowest BCUT2D eigenvalue weighted by Gasteiger charge is -2.11. The summed E-state index contributed by atoms with van der Waals surface area (Å²) in [6, 6.07) is 7.08. The van der Waals surface area contributed by atoms with Crippen molar-refractivity contribution in [3.05, 3.63) is 36.2 Å². The van der Waals surface area contributed by atoms with Crippen molar-refractivity contribution in [3.63, 3.8) is 0 Å². The van der Waals surface area contributed by atoms with Crippen molar-refractivity contribution in [2.24, 2.45) is 5.73 Å². The summed E-state index contributed by atoms with van der Waals surface area (Å²) >= 11 is 0. The molecular formula is C14H19N5O2. The van der Waals surface area contributed by atoms with Gasteiger partial charge < -0.3 is 15.8 Å². The Kier molecular flexibility index (Phi) is 4.89. The molecule has 1 heterocycles. The molecule has 7 heteroatoms. The van der Waals surface area contributed by atoms with E-state index in [4.69, 9.17) is 10.5 Å². The fourth-order valence-electron chi connectivity index (χ4n) is 1.79. The highest BCUT2D eigenvalue weighted by Crippen LogP contribution is 2.23. The molecule has 2 aromatic rings. The molecule has 0 aliphatic rings. The van der Waals surface area contributed by atoms with Crippen molar-refractivity contribution >= 4 is 11.6 Å². The summed E-state index contributed by atoms with van der Waals surface area (Å²) in [4.78, 5) is 12.0. The predicted octanol–water partition coefficient (Wildman–Crippen LogP) is 1.34. The van der Waals surface area contributed by atoms with Crippen LogP contribution in [0.1, 0.15) is 25.6 Å². The van der Waals surface area contributed by atoms with Crippen LogP contribution >= 0.6 is 0 Å². The number of carbonyl (C=O) groups excluding carboxylic acids is 1. The summed E-state index contributed by atoms with van der Waals surface area (Å²) in [6.07, 6.45) is 1.67. The summed E-state index contributed by atoms with van der Waals surface area (Å²) in [5, 5.41) is 10.6. The van der Waals surface area contributed by atoms with Gasteiger partial charge in [0.25, 0.3) is 0 Å². The Bertz CT molecular complexity index is 609. The maximum absolute atomic E-state index is 12.0. The van der Waals surface area contributed by atoms with Crippen LogP contribution in [0.5, 0.6) is 5.75 Å². The van der Waals surface area contributed by atoms with E-state index in [1.807, 2.05) is 32.0 Å². The Morgan fingerprint density at radius 1 is 1.48 bits per heavy atom. The van der Waals surface area contributed by atoms with Gasteiger partial charge in [-0.2, -0.15) is 0 Å². The lowest BCUT2D eigenvalue weighted by molar-refractivity contribution is -0.116. The first-order valence-corrected chi connectivity index (χ1v) is 6.77. The smallest absolute Gasteiger partial charge is 0.246 e. The first-order chi connectivity index (χ1) is 10.1. The second-order valence-electron chi connectivity index (χ2n) is 4.61. The van der Waals surface area contributed by atoms with E-state index in [1.165, 1.54) is 4.68 Å². The fourth-order valence-corrected chi connectivity index (χ4v) is 1.79. The average Bonchev–Trinajstić information content (AvgIpc) is 2.90. The van der Waals surface area contributed by atoms with Gasteiger partial charge in [0.2, 0.25) is 5.91 Å². The van der Waals surface area contributed by atoms with Gasteiger partial charge in [-0.25, -0.2) is 4.68 Å². The van der Waals surface area contributed by atoms with Gasteiger partial charge in [0.1, 0.15) is 12.3 Å². The van der Waals surface area contributed by atoms with Crippen LogP contribution in [0.2, 0.25) is 0 Å². The van der Waals surface area contributed by atoms with Crippen molar-refractivity contribution in [3.8, 4) is 5.75 Å². The fraction of sp³-hybridized carbons (Fsp3) is 0.357. The second-order valence-corrected chi connectivity index (χ2v) is 4.61. The van der Waals surface area contributed by atoms with Gasteiger partial charge in [-0.15, -0.1) is 5.10 Å². The average molecular weight is 289 g/mol. The lowest BCUT2D eigenvalue weighted by Crippen LogP contribution is -2.19. The van der Waals surface area contributed by atoms with Crippen LogP contribution in [0, 0.1) is 0 Å². The third kappa shape index (κ3) is 4.03. The molecule has 1 atom stereocenters. The van der Waals surface area contributed by atoms with Crippen molar-refractivity contribution in [2.75, 3.05) is 11.9 Å². The Labute approximate surface area is 123 Å². The van der Waals surface area contributed by atoms with Crippen LogP contribution in [-0.4, -0.2) is 27.5 Å². The number of carbonyl (C=O) groups is 1. The highest BCUT2D eigenvalue weighted by atomic mass is 16.5. The zero-order chi connectivity index (χ0) is 15.2. The maximum atomic E-state index is 12.0. The number of benzene rings is 1. The third-order valence-corrected chi connectivity index (χ3v) is 2.79. The summed E-state index contributed by atoms with van der Waals surface area (Å²) in [5.41, 5.74) is 6.99. The van der Waals surface area contributed by atoms with Gasteiger partial charge in [-0.3, -0.25) is 4.79 Å². The number of ether oxygens (including phenoxy) is 1. The number of nitrogens with two attached hydrogens (primary N) is 1. The molecule has 3 N–H and O–H groups in total. The van der Waals surface area contributed by atoms with Gasteiger partial charge >= 0.3 is 0 Å². The van der Waals surface area contributed by atoms with Gasteiger partial charge in [0, 0.05) is 6.04 Å². The van der Waals surface area contributed by atoms with E-state index in [9.17, 15) is 4.79 Å². The monoisotopic (exact) mass is 289 g/mol. The molecule has 1 aromatic heterocycles. The largest absolute Gasteiger partial charge is 0.492 e. The zero-order valence-electron chi connectivity index (χ0n) is 12.1. The third-order valence-electron chi connectivity index (χ3n) is 2.79. The Morgan fingerprint density at radius 3 is 2.90 bits per heavy atom. The van der Waals surface area contributed by atoms with Crippen LogP contribution in [0.15, 0.2) is 30.5 Å². The molecule has 0 spiro atoms. The van der Waals surface area contributed by atoms with E-state index in [0.717, 1.165) is 0 Å². The second kappa shape index (κ2) is 6.85. The number of hydrogen-bond acceptors (Lipinski definition) is 5. The summed E-state index contributed by atoms with van der Waals surface area (Å²) in [5.74, 6) is 0.437. The topological polar surface area (TPSA) is 95.1 Å². The van der Waals surface area contributed by atoms with Gasteiger partial charge in [0.05, 0.1) is 24.2 Å². The molecule has 1 unspecified atom stereocenters. The normalized spacial score (nSPS) is 12.0. The van der Waals surface area contributed by atoms with Crippen molar-refractivity contribution in [1.82, 2.24) is 15.0 Å². The molecule has 1 amide bonds.